The highest BCUT2D eigenvalue weighted by Crippen LogP contribution is 2.26. The number of benzene rings is 2. The van der Waals surface area contributed by atoms with Crippen molar-refractivity contribution in [3.05, 3.63) is 78.0 Å². The number of hydrogen-bond acceptors (Lipinski definition) is 5. The Morgan fingerprint density at radius 2 is 1.62 bits per heavy atom. The van der Waals surface area contributed by atoms with Gasteiger partial charge in [0.25, 0.3) is 0 Å². The molecule has 5 nitrogen and oxygen atoms in total. The summed E-state index contributed by atoms with van der Waals surface area (Å²) < 4.78 is 0. The van der Waals surface area contributed by atoms with Crippen molar-refractivity contribution in [1.82, 2.24) is 14.9 Å². The molecule has 1 aliphatic rings. The molecule has 5 heteroatoms. The van der Waals surface area contributed by atoms with E-state index in [1.54, 1.807) is 0 Å². The summed E-state index contributed by atoms with van der Waals surface area (Å²) in [4.78, 5) is 14.1. The van der Waals surface area contributed by atoms with Crippen molar-refractivity contribution < 1.29 is 0 Å². The molecule has 1 N–H and O–H groups in total. The summed E-state index contributed by atoms with van der Waals surface area (Å²) in [5.74, 6) is 2.09. The third-order valence-corrected chi connectivity index (χ3v) is 5.42. The number of nitrogens with zero attached hydrogens (tertiary/aromatic N) is 4. The van der Waals surface area contributed by atoms with E-state index in [1.165, 1.54) is 11.1 Å². The largest absolute Gasteiger partial charge is 0.354 e. The summed E-state index contributed by atoms with van der Waals surface area (Å²) in [5, 5.41) is 3.42. The van der Waals surface area contributed by atoms with E-state index in [4.69, 9.17) is 4.98 Å². The number of para-hydroxylation sites is 1. The van der Waals surface area contributed by atoms with E-state index >= 15 is 0 Å². The molecule has 0 bridgehead atoms. The molecule has 2 heterocycles. The van der Waals surface area contributed by atoms with Crippen LogP contribution in [0.25, 0.3) is 0 Å². The fraction of sp³-hybridized carbons (Fsp3) is 0.333. The number of anilines is 3. The first-order valence-corrected chi connectivity index (χ1v) is 10.4. The van der Waals surface area contributed by atoms with Crippen LogP contribution in [-0.4, -0.2) is 41.0 Å². The van der Waals surface area contributed by atoms with Crippen molar-refractivity contribution in [3.63, 3.8) is 0 Å². The molecule has 1 aliphatic heterocycles. The van der Waals surface area contributed by atoms with E-state index in [-0.39, 0.29) is 0 Å². The van der Waals surface area contributed by atoms with Crippen LogP contribution in [0, 0.1) is 0 Å². The van der Waals surface area contributed by atoms with Gasteiger partial charge in [-0.05, 0) is 29.2 Å². The van der Waals surface area contributed by atoms with Gasteiger partial charge in [0.1, 0.15) is 5.82 Å². The lowest BCUT2D eigenvalue weighted by Gasteiger charge is -2.35. The number of aromatic nitrogens is 2. The Balaban J connectivity index is 1.40. The van der Waals surface area contributed by atoms with Crippen LogP contribution in [-0.2, 0) is 6.54 Å². The van der Waals surface area contributed by atoms with Crippen LogP contribution in [0.2, 0.25) is 0 Å². The van der Waals surface area contributed by atoms with E-state index in [2.05, 4.69) is 82.5 Å². The molecule has 0 unspecified atom stereocenters. The summed E-state index contributed by atoms with van der Waals surface area (Å²) in [6.07, 6.45) is 1.85. The molecule has 1 aromatic heterocycles. The third kappa shape index (κ3) is 4.93. The van der Waals surface area contributed by atoms with E-state index in [0.717, 1.165) is 44.2 Å². The molecule has 0 atom stereocenters. The first-order chi connectivity index (χ1) is 14.2. The maximum Gasteiger partial charge on any atom is 0.229 e. The van der Waals surface area contributed by atoms with Crippen molar-refractivity contribution in [2.45, 2.75) is 26.3 Å². The van der Waals surface area contributed by atoms with Crippen LogP contribution in [0.5, 0.6) is 0 Å². The van der Waals surface area contributed by atoms with Gasteiger partial charge in [0, 0.05) is 44.6 Å². The summed E-state index contributed by atoms with van der Waals surface area (Å²) in [7, 11) is 0. The lowest BCUT2D eigenvalue weighted by Crippen LogP contribution is -2.46. The van der Waals surface area contributed by atoms with Crippen LogP contribution in [0.3, 0.4) is 0 Å². The highest BCUT2D eigenvalue weighted by Gasteiger charge is 2.18. The lowest BCUT2D eigenvalue weighted by atomic mass is 10.0. The van der Waals surface area contributed by atoms with Crippen molar-refractivity contribution in [1.29, 1.82) is 0 Å². The smallest absolute Gasteiger partial charge is 0.229 e. The molecule has 0 spiro atoms. The van der Waals surface area contributed by atoms with E-state index < -0.39 is 0 Å². The van der Waals surface area contributed by atoms with Crippen molar-refractivity contribution in [3.8, 4) is 0 Å². The van der Waals surface area contributed by atoms with E-state index in [0.29, 0.717) is 11.9 Å². The molecule has 29 heavy (non-hydrogen) atoms. The maximum atomic E-state index is 4.79. The lowest BCUT2D eigenvalue weighted by molar-refractivity contribution is 0.249. The fourth-order valence-corrected chi connectivity index (χ4v) is 3.80. The molecular formula is C24H29N5. The SMILES string of the molecule is CC(C)c1ccccc1Nc1nccc(N2CCN(Cc3ccccc3)CC2)n1. The first-order valence-electron chi connectivity index (χ1n) is 10.4. The van der Waals surface area contributed by atoms with Gasteiger partial charge in [-0.2, -0.15) is 4.98 Å². The Morgan fingerprint density at radius 1 is 0.897 bits per heavy atom. The second-order valence-corrected chi connectivity index (χ2v) is 7.85. The topological polar surface area (TPSA) is 44.3 Å². The van der Waals surface area contributed by atoms with E-state index in [9.17, 15) is 0 Å². The monoisotopic (exact) mass is 387 g/mol. The van der Waals surface area contributed by atoms with Crippen LogP contribution < -0.4 is 10.2 Å². The normalized spacial score (nSPS) is 14.9. The standard InChI is InChI=1S/C24H29N5/c1-19(2)21-10-6-7-11-22(21)26-24-25-13-12-23(27-24)29-16-14-28(15-17-29)18-20-8-4-3-5-9-20/h3-13,19H,14-18H2,1-2H3,(H,25,26,27). The van der Waals surface area contributed by atoms with Crippen molar-refractivity contribution in [2.24, 2.45) is 0 Å². The Morgan fingerprint density at radius 3 is 2.38 bits per heavy atom. The summed E-state index contributed by atoms with van der Waals surface area (Å²) in [5.41, 5.74) is 3.72. The maximum absolute atomic E-state index is 4.79. The van der Waals surface area contributed by atoms with Crippen LogP contribution in [0.4, 0.5) is 17.5 Å². The summed E-state index contributed by atoms with van der Waals surface area (Å²) in [6, 6.07) is 21.1. The first kappa shape index (κ1) is 19.4. The highest BCUT2D eigenvalue weighted by atomic mass is 15.3. The minimum Gasteiger partial charge on any atom is -0.354 e. The Bertz CT molecular complexity index is 917. The minimum absolute atomic E-state index is 0.444. The Hall–Kier alpha value is -2.92. The van der Waals surface area contributed by atoms with Crippen LogP contribution in [0.1, 0.15) is 30.9 Å². The van der Waals surface area contributed by atoms with Gasteiger partial charge in [-0.15, -0.1) is 0 Å². The number of piperazine rings is 1. The van der Waals surface area contributed by atoms with Gasteiger partial charge in [-0.1, -0.05) is 62.4 Å². The summed E-state index contributed by atoms with van der Waals surface area (Å²) >= 11 is 0. The molecule has 0 radical (unpaired) electrons. The molecule has 0 aliphatic carbocycles. The molecule has 0 amide bonds. The fourth-order valence-electron chi connectivity index (χ4n) is 3.80. The highest BCUT2D eigenvalue weighted by molar-refractivity contribution is 5.60. The predicted octanol–water partition coefficient (Wildman–Crippen LogP) is 4.67. The minimum atomic E-state index is 0.444. The molecule has 0 saturated carbocycles. The van der Waals surface area contributed by atoms with Crippen LogP contribution in [0.15, 0.2) is 66.9 Å². The second-order valence-electron chi connectivity index (χ2n) is 7.85. The molecule has 1 saturated heterocycles. The Kier molecular flexibility index (Phi) is 6.06. The third-order valence-electron chi connectivity index (χ3n) is 5.42. The number of nitrogens with one attached hydrogen (secondary N) is 1. The zero-order valence-corrected chi connectivity index (χ0v) is 17.3. The number of hydrogen-bond donors (Lipinski definition) is 1. The zero-order chi connectivity index (χ0) is 20.1. The summed E-state index contributed by atoms with van der Waals surface area (Å²) in [6.45, 7) is 9.45. The van der Waals surface area contributed by atoms with Crippen molar-refractivity contribution >= 4 is 17.5 Å². The van der Waals surface area contributed by atoms with Gasteiger partial charge in [0.05, 0.1) is 0 Å². The second kappa shape index (κ2) is 9.05. The molecular weight excluding hydrogens is 358 g/mol. The van der Waals surface area contributed by atoms with Crippen molar-refractivity contribution in [2.75, 3.05) is 36.4 Å². The molecule has 4 rings (SSSR count). The van der Waals surface area contributed by atoms with Gasteiger partial charge < -0.3 is 10.2 Å². The van der Waals surface area contributed by atoms with Gasteiger partial charge >= 0.3 is 0 Å². The van der Waals surface area contributed by atoms with Gasteiger partial charge in [-0.25, -0.2) is 4.98 Å². The zero-order valence-electron chi connectivity index (χ0n) is 17.3. The average molecular weight is 388 g/mol. The van der Waals surface area contributed by atoms with Gasteiger partial charge in [0.2, 0.25) is 5.95 Å². The quantitative estimate of drug-likeness (QED) is 0.666. The van der Waals surface area contributed by atoms with E-state index in [1.807, 2.05) is 18.3 Å². The number of rotatable bonds is 6. The van der Waals surface area contributed by atoms with Gasteiger partial charge in [-0.3, -0.25) is 4.90 Å². The predicted molar refractivity (Wildman–Crippen MR) is 120 cm³/mol. The average Bonchev–Trinajstić information content (AvgIpc) is 2.75. The van der Waals surface area contributed by atoms with Crippen LogP contribution >= 0.6 is 0 Å². The molecule has 1 fully saturated rings. The molecule has 150 valence electrons. The molecule has 2 aromatic carbocycles. The van der Waals surface area contributed by atoms with Gasteiger partial charge in [0.15, 0.2) is 0 Å². The Labute approximate surface area is 173 Å². The molecule has 3 aromatic rings.